The van der Waals surface area contributed by atoms with E-state index in [4.69, 9.17) is 14.2 Å². The highest BCUT2D eigenvalue weighted by atomic mass is 16.6. The van der Waals surface area contributed by atoms with E-state index in [2.05, 4.69) is 26.3 Å². The van der Waals surface area contributed by atoms with E-state index >= 15 is 0 Å². The van der Waals surface area contributed by atoms with Gasteiger partial charge in [-0.15, -0.1) is 0 Å². The molecule has 12 heteroatoms. The Balaban J connectivity index is 1.30. The standard InChI is InChI=1S/C45H47N5O7/c1-32(35-25-27-38(55-2)28-26-35)47-41(51)39(48-42(52)40(36-20-11-5-12-21-36)37-22-13-6-14-23-37)24-15-29-46-43(49-44(53)56-30-33-16-7-3-8-17-33)50-45(54)57-31-34-18-9-4-10-19-34/h3-14,16-23,25-28,32,39-40H,15,24,29-31H2,1-2H3,(H,47,51)(H,48,52)(H2,46,49,50,53,54)/t32-,39+/m1/s1. The summed E-state index contributed by atoms with van der Waals surface area (Å²) in [5.74, 6) is -0.922. The van der Waals surface area contributed by atoms with E-state index in [9.17, 15) is 19.2 Å². The van der Waals surface area contributed by atoms with Crippen molar-refractivity contribution in [3.63, 3.8) is 0 Å². The van der Waals surface area contributed by atoms with Crippen molar-refractivity contribution in [2.24, 2.45) is 4.99 Å². The van der Waals surface area contributed by atoms with Gasteiger partial charge in [-0.1, -0.05) is 133 Å². The predicted molar refractivity (Wildman–Crippen MR) is 217 cm³/mol. The second-order valence-electron chi connectivity index (χ2n) is 13.1. The van der Waals surface area contributed by atoms with Gasteiger partial charge >= 0.3 is 12.2 Å². The summed E-state index contributed by atoms with van der Waals surface area (Å²) in [7, 11) is 1.58. The number of hydrogen-bond donors (Lipinski definition) is 4. The Kier molecular flexibility index (Phi) is 15.8. The fraction of sp³-hybridized carbons (Fsp3) is 0.222. The predicted octanol–water partition coefficient (Wildman–Crippen LogP) is 7.18. The monoisotopic (exact) mass is 769 g/mol. The van der Waals surface area contributed by atoms with E-state index < -0.39 is 24.1 Å². The number of carbonyl (C=O) groups excluding carboxylic acids is 4. The van der Waals surface area contributed by atoms with Crippen molar-refractivity contribution in [2.45, 2.75) is 51.0 Å². The maximum absolute atomic E-state index is 14.1. The molecule has 0 radical (unpaired) electrons. The van der Waals surface area contributed by atoms with Crippen LogP contribution in [0.25, 0.3) is 0 Å². The molecule has 2 atom stereocenters. The van der Waals surface area contributed by atoms with Gasteiger partial charge in [0.05, 0.1) is 19.1 Å². The molecular formula is C45H47N5O7. The maximum Gasteiger partial charge on any atom is 0.414 e. The zero-order valence-electron chi connectivity index (χ0n) is 31.9. The number of rotatable bonds is 16. The molecule has 0 fully saturated rings. The Bertz CT molecular complexity index is 1950. The third-order valence-corrected chi connectivity index (χ3v) is 8.92. The van der Waals surface area contributed by atoms with Crippen LogP contribution in [0.15, 0.2) is 151 Å². The number of hydrogen-bond acceptors (Lipinski definition) is 8. The summed E-state index contributed by atoms with van der Waals surface area (Å²) in [6, 6.07) is 43.0. The van der Waals surface area contributed by atoms with Crippen molar-refractivity contribution in [2.75, 3.05) is 13.7 Å². The lowest BCUT2D eigenvalue weighted by Crippen LogP contribution is -2.48. The van der Waals surface area contributed by atoms with Crippen LogP contribution in [0.5, 0.6) is 5.75 Å². The molecule has 0 bridgehead atoms. The topological polar surface area (TPSA) is 156 Å². The molecule has 294 valence electrons. The quantitative estimate of drug-likeness (QED) is 0.0471. The molecule has 0 saturated carbocycles. The highest BCUT2D eigenvalue weighted by Gasteiger charge is 2.28. The minimum Gasteiger partial charge on any atom is -0.497 e. The summed E-state index contributed by atoms with van der Waals surface area (Å²) in [6.45, 7) is 1.91. The second-order valence-corrected chi connectivity index (χ2v) is 13.1. The molecule has 0 aromatic heterocycles. The molecule has 4 amide bonds. The molecule has 0 aliphatic rings. The van der Waals surface area contributed by atoms with Gasteiger partial charge in [0.1, 0.15) is 25.0 Å². The molecule has 0 aliphatic carbocycles. The van der Waals surface area contributed by atoms with Crippen LogP contribution < -0.4 is 26.0 Å². The van der Waals surface area contributed by atoms with E-state index in [-0.39, 0.29) is 56.4 Å². The van der Waals surface area contributed by atoms with E-state index in [0.29, 0.717) is 5.75 Å². The molecule has 5 rings (SSSR count). The molecule has 0 aliphatic heterocycles. The van der Waals surface area contributed by atoms with Crippen molar-refractivity contribution in [1.29, 1.82) is 0 Å². The number of ether oxygens (including phenoxy) is 3. The van der Waals surface area contributed by atoms with Crippen molar-refractivity contribution < 1.29 is 33.4 Å². The van der Waals surface area contributed by atoms with Gasteiger partial charge in [-0.3, -0.25) is 25.2 Å². The summed E-state index contributed by atoms with van der Waals surface area (Å²) in [4.78, 5) is 58.1. The maximum atomic E-state index is 14.1. The third kappa shape index (κ3) is 13.4. The molecule has 4 N–H and O–H groups in total. The normalized spacial score (nSPS) is 11.6. The summed E-state index contributed by atoms with van der Waals surface area (Å²) < 4.78 is 16.0. The molecule has 5 aromatic rings. The highest BCUT2D eigenvalue weighted by molar-refractivity contribution is 6.01. The minimum absolute atomic E-state index is 0.00317. The van der Waals surface area contributed by atoms with Gasteiger partial charge in [-0.2, -0.15) is 0 Å². The number of guanidine groups is 1. The highest BCUT2D eigenvalue weighted by Crippen LogP contribution is 2.25. The fourth-order valence-electron chi connectivity index (χ4n) is 5.91. The summed E-state index contributed by atoms with van der Waals surface area (Å²) in [6.07, 6.45) is -1.23. The number of methoxy groups -OCH3 is 1. The lowest BCUT2D eigenvalue weighted by Gasteiger charge is -2.25. The average molecular weight is 770 g/mol. The van der Waals surface area contributed by atoms with Crippen LogP contribution in [0.3, 0.4) is 0 Å². The molecule has 0 spiro atoms. The minimum atomic E-state index is -0.959. The lowest BCUT2D eigenvalue weighted by molar-refractivity contribution is -0.129. The van der Waals surface area contributed by atoms with Crippen molar-refractivity contribution >= 4 is 30.0 Å². The number of carbonyl (C=O) groups is 4. The Morgan fingerprint density at radius 1 is 0.579 bits per heavy atom. The third-order valence-electron chi connectivity index (χ3n) is 8.92. The van der Waals surface area contributed by atoms with Gasteiger partial charge in [-0.25, -0.2) is 9.59 Å². The molecule has 12 nitrogen and oxygen atoms in total. The van der Waals surface area contributed by atoms with Crippen LogP contribution in [-0.4, -0.2) is 49.7 Å². The van der Waals surface area contributed by atoms with E-state index in [1.165, 1.54) is 0 Å². The van der Waals surface area contributed by atoms with Crippen LogP contribution in [0.1, 0.15) is 59.5 Å². The van der Waals surface area contributed by atoms with Crippen LogP contribution in [0.2, 0.25) is 0 Å². The van der Waals surface area contributed by atoms with Crippen LogP contribution in [0.4, 0.5) is 9.59 Å². The first kappa shape index (κ1) is 41.2. The van der Waals surface area contributed by atoms with Gasteiger partial charge in [-0.05, 0) is 59.7 Å². The van der Waals surface area contributed by atoms with Gasteiger partial charge < -0.3 is 24.8 Å². The second kappa shape index (κ2) is 21.8. The molecule has 0 unspecified atom stereocenters. The fourth-order valence-corrected chi connectivity index (χ4v) is 5.91. The first-order valence-corrected chi connectivity index (χ1v) is 18.6. The van der Waals surface area contributed by atoms with Crippen LogP contribution >= 0.6 is 0 Å². The number of amides is 4. The van der Waals surface area contributed by atoms with E-state index in [1.54, 1.807) is 7.11 Å². The van der Waals surface area contributed by atoms with Crippen molar-refractivity contribution in [3.8, 4) is 5.75 Å². The SMILES string of the molecule is COc1ccc([C@@H](C)NC(=O)[C@H](CCCN=C(NC(=O)OCc2ccccc2)NC(=O)OCc2ccccc2)NC(=O)C(c2ccccc2)c2ccccc2)cc1. The smallest absolute Gasteiger partial charge is 0.414 e. The molecule has 0 saturated heterocycles. The number of aliphatic imine (C=N–C) groups is 1. The van der Waals surface area contributed by atoms with Crippen molar-refractivity contribution in [3.05, 3.63) is 173 Å². The first-order valence-electron chi connectivity index (χ1n) is 18.6. The summed E-state index contributed by atoms with van der Waals surface area (Å²) in [5, 5.41) is 11.0. The Morgan fingerprint density at radius 3 is 1.53 bits per heavy atom. The van der Waals surface area contributed by atoms with E-state index in [1.807, 2.05) is 153 Å². The summed E-state index contributed by atoms with van der Waals surface area (Å²) >= 11 is 0. The van der Waals surface area contributed by atoms with Gasteiger partial charge in [0.25, 0.3) is 0 Å². The Hall–Kier alpha value is -6.95. The molecule has 5 aromatic carbocycles. The number of alkyl carbamates (subject to hydrolysis) is 2. The zero-order chi connectivity index (χ0) is 40.2. The lowest BCUT2D eigenvalue weighted by atomic mass is 9.90. The largest absolute Gasteiger partial charge is 0.497 e. The molecule has 57 heavy (non-hydrogen) atoms. The van der Waals surface area contributed by atoms with E-state index in [0.717, 1.165) is 27.8 Å². The number of nitrogens with one attached hydrogen (secondary N) is 4. The van der Waals surface area contributed by atoms with Crippen molar-refractivity contribution in [1.82, 2.24) is 21.3 Å². The van der Waals surface area contributed by atoms with Crippen LogP contribution in [-0.2, 0) is 32.3 Å². The number of nitrogens with zero attached hydrogens (tertiary/aromatic N) is 1. The first-order chi connectivity index (χ1) is 27.8. The Labute approximate surface area is 332 Å². The molecular weight excluding hydrogens is 723 g/mol. The Morgan fingerprint density at radius 2 is 1.05 bits per heavy atom. The van der Waals surface area contributed by atoms with Gasteiger partial charge in [0.2, 0.25) is 17.8 Å². The summed E-state index contributed by atoms with van der Waals surface area (Å²) in [5.41, 5.74) is 3.95. The number of benzene rings is 5. The zero-order valence-corrected chi connectivity index (χ0v) is 31.9. The van der Waals surface area contributed by atoms with Gasteiger partial charge in [0, 0.05) is 6.54 Å². The van der Waals surface area contributed by atoms with Crippen LogP contribution in [0, 0.1) is 0 Å². The molecule has 0 heterocycles. The van der Waals surface area contributed by atoms with Gasteiger partial charge in [0.15, 0.2) is 0 Å². The average Bonchev–Trinajstić information content (AvgIpc) is 3.24.